The van der Waals surface area contributed by atoms with Gasteiger partial charge in [-0.25, -0.2) is 0 Å². The van der Waals surface area contributed by atoms with Crippen LogP contribution in [0.2, 0.25) is 0 Å². The van der Waals surface area contributed by atoms with Gasteiger partial charge in [-0.2, -0.15) is 5.26 Å². The van der Waals surface area contributed by atoms with Crippen molar-refractivity contribution in [3.05, 3.63) is 53.9 Å². The molecule has 20 heavy (non-hydrogen) atoms. The number of nitriles is 1. The normalized spacial score (nSPS) is 13.6. The van der Waals surface area contributed by atoms with Crippen molar-refractivity contribution < 1.29 is 9.47 Å². The Labute approximate surface area is 120 Å². The number of benzene rings is 1. The van der Waals surface area contributed by atoms with Crippen LogP contribution in [0.1, 0.15) is 11.1 Å². The quantitative estimate of drug-likeness (QED) is 0.793. The largest absolute Gasteiger partial charge is 0.454 e. The first-order chi connectivity index (χ1) is 9.79. The van der Waals surface area contributed by atoms with Gasteiger partial charge in [-0.3, -0.25) is 4.98 Å². The van der Waals surface area contributed by atoms with E-state index >= 15 is 0 Å². The maximum absolute atomic E-state index is 9.33. The summed E-state index contributed by atoms with van der Waals surface area (Å²) in [6.07, 6.45) is 3.25. The third-order valence-electron chi connectivity index (χ3n) is 2.91. The summed E-state index contributed by atoms with van der Waals surface area (Å²) in [4.78, 5) is 4.00. The van der Waals surface area contributed by atoms with E-state index in [1.165, 1.54) is 0 Å². The van der Waals surface area contributed by atoms with Crippen LogP contribution in [0.4, 0.5) is 0 Å². The Morgan fingerprint density at radius 3 is 2.80 bits per heavy atom. The minimum Gasteiger partial charge on any atom is -0.454 e. The Hall–Kier alpha value is -2.51. The van der Waals surface area contributed by atoms with Crippen molar-refractivity contribution in [1.29, 1.82) is 5.26 Å². The molecule has 1 aromatic heterocycles. The van der Waals surface area contributed by atoms with Crippen molar-refractivity contribution in [2.24, 2.45) is 0 Å². The van der Waals surface area contributed by atoms with Gasteiger partial charge < -0.3 is 9.47 Å². The monoisotopic (exact) mass is 284 g/mol. The third kappa shape index (κ3) is 2.20. The van der Waals surface area contributed by atoms with Gasteiger partial charge in [0, 0.05) is 18.0 Å². The van der Waals surface area contributed by atoms with Crippen LogP contribution >= 0.6 is 11.6 Å². The van der Waals surface area contributed by atoms with E-state index < -0.39 is 0 Å². The summed E-state index contributed by atoms with van der Waals surface area (Å²) >= 11 is 6.34. The molecule has 2 heterocycles. The van der Waals surface area contributed by atoms with Crippen LogP contribution in [0.25, 0.3) is 10.6 Å². The highest BCUT2D eigenvalue weighted by Gasteiger charge is 2.16. The van der Waals surface area contributed by atoms with Crippen molar-refractivity contribution in [3.8, 4) is 17.6 Å². The second-order valence-corrected chi connectivity index (χ2v) is 4.49. The Balaban J connectivity index is 2.08. The van der Waals surface area contributed by atoms with Gasteiger partial charge >= 0.3 is 0 Å². The van der Waals surface area contributed by atoms with E-state index in [0.717, 1.165) is 0 Å². The fourth-order valence-electron chi connectivity index (χ4n) is 1.93. The molecule has 0 amide bonds. The zero-order valence-corrected chi connectivity index (χ0v) is 11.1. The van der Waals surface area contributed by atoms with E-state index in [1.807, 2.05) is 0 Å². The fourth-order valence-corrected chi connectivity index (χ4v) is 2.20. The highest BCUT2D eigenvalue weighted by molar-refractivity contribution is 6.53. The molecule has 0 saturated carbocycles. The fraction of sp³-hybridized carbons (Fsp3) is 0.0667. The SMILES string of the molecule is N#C/C(=C(/Cl)c1ccc2c(c1)OCO2)c1cccnc1. The lowest BCUT2D eigenvalue weighted by molar-refractivity contribution is 0.174. The van der Waals surface area contributed by atoms with Crippen molar-refractivity contribution in [3.63, 3.8) is 0 Å². The maximum atomic E-state index is 9.33. The molecular weight excluding hydrogens is 276 g/mol. The first-order valence-electron chi connectivity index (χ1n) is 5.90. The van der Waals surface area contributed by atoms with Crippen LogP contribution < -0.4 is 9.47 Å². The van der Waals surface area contributed by atoms with E-state index in [9.17, 15) is 5.26 Å². The Kier molecular flexibility index (Phi) is 3.28. The van der Waals surface area contributed by atoms with Crippen molar-refractivity contribution in [2.45, 2.75) is 0 Å². The molecule has 1 aliphatic heterocycles. The minimum absolute atomic E-state index is 0.202. The second kappa shape index (κ2) is 5.24. The molecule has 0 spiro atoms. The summed E-state index contributed by atoms with van der Waals surface area (Å²) < 4.78 is 10.6. The van der Waals surface area contributed by atoms with Gasteiger partial charge in [-0.15, -0.1) is 0 Å². The summed E-state index contributed by atoms with van der Waals surface area (Å²) in [7, 11) is 0. The molecule has 0 radical (unpaired) electrons. The lowest BCUT2D eigenvalue weighted by Gasteiger charge is -2.05. The van der Waals surface area contributed by atoms with Crippen LogP contribution in [0.15, 0.2) is 42.7 Å². The summed E-state index contributed by atoms with van der Waals surface area (Å²) in [5.41, 5.74) is 1.76. The molecule has 0 N–H and O–H groups in total. The van der Waals surface area contributed by atoms with Crippen LogP contribution in [0.5, 0.6) is 11.5 Å². The van der Waals surface area contributed by atoms with Crippen molar-refractivity contribution in [1.82, 2.24) is 4.98 Å². The molecule has 2 aromatic rings. The molecular formula is C15H9ClN2O2. The second-order valence-electron chi connectivity index (χ2n) is 4.11. The van der Waals surface area contributed by atoms with E-state index in [1.54, 1.807) is 42.7 Å². The molecule has 0 saturated heterocycles. The van der Waals surface area contributed by atoms with Gasteiger partial charge in [-0.1, -0.05) is 17.7 Å². The highest BCUT2D eigenvalue weighted by atomic mass is 35.5. The van der Waals surface area contributed by atoms with Gasteiger partial charge in [0.15, 0.2) is 11.5 Å². The molecule has 0 atom stereocenters. The molecule has 1 aliphatic rings. The van der Waals surface area contributed by atoms with Crippen molar-refractivity contribution in [2.75, 3.05) is 6.79 Å². The van der Waals surface area contributed by atoms with E-state index in [-0.39, 0.29) is 6.79 Å². The van der Waals surface area contributed by atoms with Gasteiger partial charge in [0.25, 0.3) is 0 Å². The van der Waals surface area contributed by atoms with E-state index in [0.29, 0.717) is 33.2 Å². The standard InChI is InChI=1S/C15H9ClN2O2/c16-15(12(7-17)11-2-1-5-18-8-11)10-3-4-13-14(6-10)20-9-19-13/h1-6,8H,9H2/b15-12-. The van der Waals surface area contributed by atoms with Crippen LogP contribution in [0.3, 0.4) is 0 Å². The number of pyridine rings is 1. The Morgan fingerprint density at radius 2 is 2.05 bits per heavy atom. The number of fused-ring (bicyclic) bond motifs is 1. The Morgan fingerprint density at radius 1 is 1.20 bits per heavy atom. The molecule has 0 aliphatic carbocycles. The highest BCUT2D eigenvalue weighted by Crippen LogP contribution is 2.37. The average molecular weight is 285 g/mol. The molecule has 5 heteroatoms. The van der Waals surface area contributed by atoms with Crippen LogP contribution in [-0.4, -0.2) is 11.8 Å². The molecule has 0 bridgehead atoms. The number of hydrogen-bond acceptors (Lipinski definition) is 4. The molecule has 0 unspecified atom stereocenters. The molecule has 4 nitrogen and oxygen atoms in total. The van der Waals surface area contributed by atoms with Gasteiger partial charge in [-0.05, 0) is 29.8 Å². The number of hydrogen-bond donors (Lipinski definition) is 0. The first kappa shape index (κ1) is 12.5. The summed E-state index contributed by atoms with van der Waals surface area (Å²) in [6.45, 7) is 0.202. The minimum atomic E-state index is 0.202. The number of ether oxygens (including phenoxy) is 2. The number of aromatic nitrogens is 1. The molecule has 3 rings (SSSR count). The number of halogens is 1. The van der Waals surface area contributed by atoms with Gasteiger partial charge in [0.2, 0.25) is 6.79 Å². The van der Waals surface area contributed by atoms with E-state index in [4.69, 9.17) is 21.1 Å². The van der Waals surface area contributed by atoms with Gasteiger partial charge in [0.1, 0.15) is 6.07 Å². The summed E-state index contributed by atoms with van der Waals surface area (Å²) in [5, 5.41) is 9.69. The lowest BCUT2D eigenvalue weighted by Crippen LogP contribution is -1.92. The number of nitrogens with zero attached hydrogens (tertiary/aromatic N) is 2. The Bertz CT molecular complexity index is 720. The topological polar surface area (TPSA) is 55.1 Å². The smallest absolute Gasteiger partial charge is 0.231 e. The maximum Gasteiger partial charge on any atom is 0.231 e. The average Bonchev–Trinajstić information content (AvgIpc) is 2.96. The number of allylic oxidation sites excluding steroid dienone is 1. The predicted octanol–water partition coefficient (Wildman–Crippen LogP) is 3.44. The van der Waals surface area contributed by atoms with Crippen molar-refractivity contribution >= 4 is 22.2 Å². The zero-order chi connectivity index (χ0) is 13.9. The number of rotatable bonds is 2. The molecule has 0 fully saturated rings. The van der Waals surface area contributed by atoms with Gasteiger partial charge in [0.05, 0.1) is 10.6 Å². The van der Waals surface area contributed by atoms with E-state index in [2.05, 4.69) is 11.1 Å². The summed E-state index contributed by atoms with van der Waals surface area (Å²) in [5.74, 6) is 1.31. The van der Waals surface area contributed by atoms with Crippen LogP contribution in [0, 0.1) is 11.3 Å². The third-order valence-corrected chi connectivity index (χ3v) is 3.31. The summed E-state index contributed by atoms with van der Waals surface area (Å²) in [6, 6.07) is 11.0. The molecule has 1 aromatic carbocycles. The lowest BCUT2D eigenvalue weighted by atomic mass is 10.1. The molecule has 98 valence electrons. The zero-order valence-electron chi connectivity index (χ0n) is 10.3. The van der Waals surface area contributed by atoms with Crippen LogP contribution in [-0.2, 0) is 0 Å². The first-order valence-corrected chi connectivity index (χ1v) is 6.27. The predicted molar refractivity (Wildman–Crippen MR) is 75.1 cm³/mol.